The van der Waals surface area contributed by atoms with Gasteiger partial charge in [0, 0.05) is 42.7 Å². The second-order valence-electron chi connectivity index (χ2n) is 7.98. The van der Waals surface area contributed by atoms with Gasteiger partial charge in [-0.2, -0.15) is 0 Å². The minimum Gasteiger partial charge on any atom is -0.376 e. The highest BCUT2D eigenvalue weighted by Crippen LogP contribution is 2.26. The summed E-state index contributed by atoms with van der Waals surface area (Å²) >= 11 is 1.43. The van der Waals surface area contributed by atoms with Crippen LogP contribution in [-0.4, -0.2) is 43.6 Å². The lowest BCUT2D eigenvalue weighted by molar-refractivity contribution is 0.0957. The third-order valence-electron chi connectivity index (χ3n) is 5.73. The fourth-order valence-electron chi connectivity index (χ4n) is 4.04. The third kappa shape index (κ3) is 4.23. The molecule has 1 aromatic carbocycles. The molecule has 0 N–H and O–H groups in total. The zero-order valence-electron chi connectivity index (χ0n) is 18.0. The average Bonchev–Trinajstić information content (AvgIpc) is 3.43. The highest BCUT2D eigenvalue weighted by molar-refractivity contribution is 7.99. The van der Waals surface area contributed by atoms with E-state index in [9.17, 15) is 4.79 Å². The van der Waals surface area contributed by atoms with Crippen LogP contribution >= 0.6 is 11.8 Å². The lowest BCUT2D eigenvalue weighted by Crippen LogP contribution is -2.17. The van der Waals surface area contributed by atoms with Crippen LogP contribution in [0.3, 0.4) is 0 Å². The molecule has 1 saturated heterocycles. The lowest BCUT2D eigenvalue weighted by Gasteiger charge is -2.14. The number of aromatic nitrogens is 4. The van der Waals surface area contributed by atoms with Crippen molar-refractivity contribution in [1.82, 2.24) is 19.3 Å². The first-order chi connectivity index (χ1) is 14.4. The number of carbonyl (C=O) groups excluding carboxylic acids is 1. The van der Waals surface area contributed by atoms with E-state index in [1.54, 1.807) is 0 Å². The summed E-state index contributed by atoms with van der Waals surface area (Å²) in [6, 6.07) is 10.2. The van der Waals surface area contributed by atoms with Crippen molar-refractivity contribution in [3.05, 3.63) is 52.8 Å². The van der Waals surface area contributed by atoms with Gasteiger partial charge in [0.1, 0.15) is 0 Å². The van der Waals surface area contributed by atoms with E-state index in [4.69, 9.17) is 4.74 Å². The monoisotopic (exact) mass is 424 g/mol. The van der Waals surface area contributed by atoms with Crippen LogP contribution in [0.2, 0.25) is 0 Å². The van der Waals surface area contributed by atoms with Crippen LogP contribution < -0.4 is 0 Å². The molecule has 0 unspecified atom stereocenters. The Morgan fingerprint density at radius 1 is 1.23 bits per heavy atom. The van der Waals surface area contributed by atoms with Crippen LogP contribution in [0.15, 0.2) is 35.5 Å². The van der Waals surface area contributed by atoms with Gasteiger partial charge in [-0.25, -0.2) is 0 Å². The fraction of sp³-hybridized carbons (Fsp3) is 0.435. The van der Waals surface area contributed by atoms with Gasteiger partial charge in [0.25, 0.3) is 0 Å². The molecule has 0 amide bonds. The molecule has 0 saturated carbocycles. The Morgan fingerprint density at radius 3 is 2.80 bits per heavy atom. The Labute approximate surface area is 181 Å². The number of thioether (sulfide) groups is 1. The molecular formula is C23H28N4O2S. The maximum absolute atomic E-state index is 13.0. The van der Waals surface area contributed by atoms with Crippen molar-refractivity contribution in [2.45, 2.75) is 51.4 Å². The second-order valence-corrected chi connectivity index (χ2v) is 8.92. The molecule has 0 spiro atoms. The van der Waals surface area contributed by atoms with Gasteiger partial charge in [0.15, 0.2) is 16.8 Å². The molecule has 158 valence electrons. The number of hydrogen-bond acceptors (Lipinski definition) is 5. The van der Waals surface area contributed by atoms with Gasteiger partial charge in [0.2, 0.25) is 0 Å². The third-order valence-corrected chi connectivity index (χ3v) is 6.75. The molecule has 7 heteroatoms. The molecule has 4 rings (SSSR count). The minimum absolute atomic E-state index is 0.117. The maximum atomic E-state index is 13.0. The van der Waals surface area contributed by atoms with E-state index in [0.717, 1.165) is 59.5 Å². The zero-order chi connectivity index (χ0) is 21.3. The predicted molar refractivity (Wildman–Crippen MR) is 119 cm³/mol. The molecule has 1 atom stereocenters. The summed E-state index contributed by atoms with van der Waals surface area (Å²) in [4.78, 5) is 13.0. The largest absolute Gasteiger partial charge is 0.376 e. The molecular weight excluding hydrogens is 396 g/mol. The molecule has 3 aromatic rings. The van der Waals surface area contributed by atoms with Crippen molar-refractivity contribution in [1.29, 1.82) is 0 Å². The number of benzene rings is 1. The van der Waals surface area contributed by atoms with Gasteiger partial charge in [-0.3, -0.25) is 4.79 Å². The summed E-state index contributed by atoms with van der Waals surface area (Å²) < 4.78 is 9.94. The summed E-state index contributed by atoms with van der Waals surface area (Å²) in [5.74, 6) is 1.26. The Morgan fingerprint density at radius 2 is 2.07 bits per heavy atom. The average molecular weight is 425 g/mol. The van der Waals surface area contributed by atoms with E-state index < -0.39 is 0 Å². The Bertz CT molecular complexity index is 1060. The SMILES string of the molecule is Cc1cccc(-c2nnc(SCC(=O)c3cc(C)n(C[C@H]4CCCO4)c3C)n2C)c1. The van der Waals surface area contributed by atoms with E-state index in [-0.39, 0.29) is 11.9 Å². The van der Waals surface area contributed by atoms with Gasteiger partial charge in [-0.05, 0) is 45.7 Å². The summed E-state index contributed by atoms with van der Waals surface area (Å²) in [6.45, 7) is 7.81. The molecule has 2 aromatic heterocycles. The second kappa shape index (κ2) is 8.78. The van der Waals surface area contributed by atoms with Gasteiger partial charge >= 0.3 is 0 Å². The molecule has 30 heavy (non-hydrogen) atoms. The fourth-order valence-corrected chi connectivity index (χ4v) is 4.83. The standard InChI is InChI=1S/C23H28N4O2S/c1-15-7-5-8-18(11-15)22-24-25-23(26(22)4)30-14-21(28)20-12-16(2)27(17(20)3)13-19-9-6-10-29-19/h5,7-8,11-12,19H,6,9-10,13-14H2,1-4H3/t19-/m1/s1. The lowest BCUT2D eigenvalue weighted by atomic mass is 10.1. The summed E-state index contributed by atoms with van der Waals surface area (Å²) in [7, 11) is 1.94. The number of ether oxygens (including phenoxy) is 1. The predicted octanol–water partition coefficient (Wildman–Crippen LogP) is 4.36. The van der Waals surface area contributed by atoms with Gasteiger partial charge in [-0.15, -0.1) is 10.2 Å². The molecule has 3 heterocycles. The number of nitrogens with zero attached hydrogens (tertiary/aromatic N) is 4. The van der Waals surface area contributed by atoms with Crippen LogP contribution in [0.1, 0.15) is 40.2 Å². The van der Waals surface area contributed by atoms with Gasteiger partial charge in [0.05, 0.1) is 11.9 Å². The van der Waals surface area contributed by atoms with E-state index in [1.165, 1.54) is 17.3 Å². The summed E-state index contributed by atoms with van der Waals surface area (Å²) in [5, 5.41) is 9.38. The number of aryl methyl sites for hydroxylation is 2. The molecule has 1 aliphatic heterocycles. The van der Waals surface area contributed by atoms with Crippen LogP contribution in [0.25, 0.3) is 11.4 Å². The number of hydrogen-bond donors (Lipinski definition) is 0. The molecule has 1 fully saturated rings. The highest BCUT2D eigenvalue weighted by atomic mass is 32.2. The van der Waals surface area contributed by atoms with Crippen molar-refractivity contribution < 1.29 is 9.53 Å². The van der Waals surface area contributed by atoms with Crippen LogP contribution in [0.5, 0.6) is 0 Å². The van der Waals surface area contributed by atoms with Crippen molar-refractivity contribution in [3.8, 4) is 11.4 Å². The Hall–Kier alpha value is -2.38. The highest BCUT2D eigenvalue weighted by Gasteiger charge is 2.22. The quantitative estimate of drug-likeness (QED) is 0.416. The van der Waals surface area contributed by atoms with E-state index in [1.807, 2.05) is 36.7 Å². The number of ketones is 1. The zero-order valence-corrected chi connectivity index (χ0v) is 18.8. The molecule has 1 aliphatic rings. The number of Topliss-reactive ketones (excluding diaryl/α,β-unsaturated/α-hetero) is 1. The Balaban J connectivity index is 1.45. The molecule has 0 aliphatic carbocycles. The number of carbonyl (C=O) groups is 1. The first-order valence-electron chi connectivity index (χ1n) is 10.3. The minimum atomic E-state index is 0.117. The van der Waals surface area contributed by atoms with Crippen LogP contribution in [0, 0.1) is 20.8 Å². The topological polar surface area (TPSA) is 61.9 Å². The van der Waals surface area contributed by atoms with Crippen LogP contribution in [-0.2, 0) is 18.3 Å². The van der Waals surface area contributed by atoms with E-state index in [2.05, 4.69) is 40.7 Å². The first kappa shape index (κ1) is 20.9. The van der Waals surface area contributed by atoms with Crippen LogP contribution in [0.4, 0.5) is 0 Å². The Kier molecular flexibility index (Phi) is 6.11. The normalized spacial score (nSPS) is 16.3. The van der Waals surface area contributed by atoms with Crippen molar-refractivity contribution in [2.24, 2.45) is 7.05 Å². The van der Waals surface area contributed by atoms with Crippen molar-refractivity contribution >= 4 is 17.5 Å². The summed E-state index contributed by atoms with van der Waals surface area (Å²) in [5.41, 5.74) is 5.13. The smallest absolute Gasteiger partial charge is 0.191 e. The van der Waals surface area contributed by atoms with E-state index in [0.29, 0.717) is 5.75 Å². The van der Waals surface area contributed by atoms with E-state index >= 15 is 0 Å². The molecule has 0 bridgehead atoms. The first-order valence-corrected chi connectivity index (χ1v) is 11.3. The number of rotatable bonds is 7. The van der Waals surface area contributed by atoms with Crippen molar-refractivity contribution in [2.75, 3.05) is 12.4 Å². The molecule has 0 radical (unpaired) electrons. The van der Waals surface area contributed by atoms with Crippen molar-refractivity contribution in [3.63, 3.8) is 0 Å². The molecule has 6 nitrogen and oxygen atoms in total. The summed E-state index contributed by atoms with van der Waals surface area (Å²) in [6.07, 6.45) is 2.46. The van der Waals surface area contributed by atoms with Gasteiger partial charge in [-0.1, -0.05) is 35.5 Å². The maximum Gasteiger partial charge on any atom is 0.191 e. The van der Waals surface area contributed by atoms with Gasteiger partial charge < -0.3 is 13.9 Å².